The Bertz CT molecular complexity index is 132. The molecule has 64 valence electrons. The van der Waals surface area contributed by atoms with Crippen LogP contribution in [0.1, 0.15) is 26.7 Å². The molecule has 0 saturated carbocycles. The molecule has 0 aliphatic heterocycles. The molecule has 0 unspecified atom stereocenters. The summed E-state index contributed by atoms with van der Waals surface area (Å²) in [5, 5.41) is 2.61. The van der Waals surface area contributed by atoms with Gasteiger partial charge in [-0.05, 0) is 13.3 Å². The first-order valence-electron chi connectivity index (χ1n) is 3.87. The molecule has 11 heavy (non-hydrogen) atoms. The third-order valence-corrected chi connectivity index (χ3v) is 1.11. The Hall–Kier alpha value is -0.990. The van der Waals surface area contributed by atoms with Gasteiger partial charge in [-0.3, -0.25) is 0 Å². The van der Waals surface area contributed by atoms with Crippen LogP contribution in [0, 0.1) is 0 Å². The molecular formula is C8H15NO2. The summed E-state index contributed by atoms with van der Waals surface area (Å²) in [5.41, 5.74) is 0. The second-order valence-corrected chi connectivity index (χ2v) is 2.16. The smallest absolute Gasteiger partial charge is 0.411 e. The fourth-order valence-corrected chi connectivity index (χ4v) is 0.539. The van der Waals surface area contributed by atoms with Crippen LogP contribution in [0.4, 0.5) is 4.79 Å². The van der Waals surface area contributed by atoms with Crippen LogP contribution in [0.25, 0.3) is 0 Å². The molecular weight excluding hydrogens is 142 g/mol. The van der Waals surface area contributed by atoms with Crippen molar-refractivity contribution in [3.63, 3.8) is 0 Å². The lowest BCUT2D eigenvalue weighted by molar-refractivity contribution is 0.185. The number of nitrogens with one attached hydrogen (secondary N) is 1. The van der Waals surface area contributed by atoms with Crippen molar-refractivity contribution >= 4 is 6.09 Å². The van der Waals surface area contributed by atoms with Crippen LogP contribution in [-0.4, -0.2) is 12.6 Å². The molecule has 3 nitrogen and oxygen atoms in total. The predicted molar refractivity (Wildman–Crippen MR) is 44.2 cm³/mol. The molecule has 0 aromatic heterocycles. The highest BCUT2D eigenvalue weighted by Gasteiger charge is 1.95. The maximum Gasteiger partial charge on any atom is 0.411 e. The van der Waals surface area contributed by atoms with Crippen molar-refractivity contribution in [3.05, 3.63) is 12.3 Å². The van der Waals surface area contributed by atoms with Crippen LogP contribution < -0.4 is 5.32 Å². The van der Waals surface area contributed by atoms with Gasteiger partial charge in [-0.15, -0.1) is 0 Å². The van der Waals surface area contributed by atoms with Gasteiger partial charge in [0.1, 0.15) is 0 Å². The molecule has 0 bridgehead atoms. The van der Waals surface area contributed by atoms with Crippen molar-refractivity contribution in [2.24, 2.45) is 0 Å². The molecule has 0 fully saturated rings. The van der Waals surface area contributed by atoms with Crippen molar-refractivity contribution < 1.29 is 9.53 Å². The van der Waals surface area contributed by atoms with Crippen LogP contribution in [0.2, 0.25) is 0 Å². The van der Waals surface area contributed by atoms with E-state index in [1.54, 1.807) is 13.0 Å². The average Bonchev–Trinajstić information content (AvgIpc) is 2.01. The lowest BCUT2D eigenvalue weighted by Gasteiger charge is -2.00. The van der Waals surface area contributed by atoms with Gasteiger partial charge in [0.15, 0.2) is 0 Å². The number of hydrogen-bond donors (Lipinski definition) is 1. The molecule has 3 heteroatoms. The van der Waals surface area contributed by atoms with E-state index < -0.39 is 0 Å². The minimum absolute atomic E-state index is 0.378. The highest BCUT2D eigenvalue weighted by molar-refractivity contribution is 5.67. The zero-order valence-corrected chi connectivity index (χ0v) is 7.09. The summed E-state index contributed by atoms with van der Waals surface area (Å²) in [7, 11) is 0. The Kier molecular flexibility index (Phi) is 6.48. The van der Waals surface area contributed by atoms with E-state index in [-0.39, 0.29) is 6.09 Å². The number of alkyl carbamates (subject to hydrolysis) is 1. The van der Waals surface area contributed by atoms with Crippen LogP contribution in [0.15, 0.2) is 12.3 Å². The summed E-state index contributed by atoms with van der Waals surface area (Å²) in [5.74, 6) is 0. The van der Waals surface area contributed by atoms with Crippen LogP contribution in [0.3, 0.4) is 0 Å². The normalized spacial score (nSPS) is 10.0. The van der Waals surface area contributed by atoms with Gasteiger partial charge in [-0.1, -0.05) is 19.4 Å². The molecule has 1 N–H and O–H groups in total. The second kappa shape index (κ2) is 7.12. The van der Waals surface area contributed by atoms with E-state index >= 15 is 0 Å². The minimum atomic E-state index is -0.378. The number of unbranched alkanes of at least 4 members (excludes halogenated alkanes) is 1. The van der Waals surface area contributed by atoms with Crippen LogP contribution in [-0.2, 0) is 4.74 Å². The maximum absolute atomic E-state index is 10.7. The Labute approximate surface area is 67.4 Å². The standard InChI is InChI=1S/C8H15NO2/c1-3-5-6-9-8(10)11-7-4-2/h4,7H,3,5-6H2,1-2H3,(H,9,10)/b7-4+. The van der Waals surface area contributed by atoms with Gasteiger partial charge < -0.3 is 10.1 Å². The monoisotopic (exact) mass is 157 g/mol. The molecule has 0 aromatic rings. The van der Waals surface area contributed by atoms with E-state index in [0.717, 1.165) is 12.8 Å². The van der Waals surface area contributed by atoms with Crippen LogP contribution >= 0.6 is 0 Å². The first-order chi connectivity index (χ1) is 5.31. The Morgan fingerprint density at radius 3 is 2.91 bits per heavy atom. The Morgan fingerprint density at radius 2 is 2.36 bits per heavy atom. The lowest BCUT2D eigenvalue weighted by Crippen LogP contribution is -2.23. The summed E-state index contributed by atoms with van der Waals surface area (Å²) in [6.45, 7) is 4.55. The average molecular weight is 157 g/mol. The highest BCUT2D eigenvalue weighted by atomic mass is 16.5. The van der Waals surface area contributed by atoms with Crippen molar-refractivity contribution in [2.45, 2.75) is 26.7 Å². The number of hydrogen-bond acceptors (Lipinski definition) is 2. The second-order valence-electron chi connectivity index (χ2n) is 2.16. The van der Waals surface area contributed by atoms with Gasteiger partial charge in [-0.2, -0.15) is 0 Å². The molecule has 0 heterocycles. The van der Waals surface area contributed by atoms with E-state index in [1.807, 2.05) is 0 Å². The van der Waals surface area contributed by atoms with Gasteiger partial charge in [0.25, 0.3) is 0 Å². The summed E-state index contributed by atoms with van der Waals surface area (Å²) in [6, 6.07) is 0. The number of carbonyl (C=O) groups is 1. The Balaban J connectivity index is 3.23. The molecule has 0 atom stereocenters. The molecule has 0 radical (unpaired) electrons. The first kappa shape index (κ1) is 10.0. The lowest BCUT2D eigenvalue weighted by atomic mass is 10.3. The number of carbonyl (C=O) groups excluding carboxylic acids is 1. The van der Waals surface area contributed by atoms with E-state index in [4.69, 9.17) is 0 Å². The molecule has 0 saturated heterocycles. The number of allylic oxidation sites excluding steroid dienone is 1. The summed E-state index contributed by atoms with van der Waals surface area (Å²) < 4.78 is 4.61. The molecule has 1 amide bonds. The fourth-order valence-electron chi connectivity index (χ4n) is 0.539. The SMILES string of the molecule is C/C=C/OC(=O)NCCCC. The maximum atomic E-state index is 10.7. The highest BCUT2D eigenvalue weighted by Crippen LogP contribution is 1.84. The fraction of sp³-hybridized carbons (Fsp3) is 0.625. The van der Waals surface area contributed by atoms with Crippen molar-refractivity contribution in [3.8, 4) is 0 Å². The number of ether oxygens (including phenoxy) is 1. The van der Waals surface area contributed by atoms with Gasteiger partial charge in [-0.25, -0.2) is 4.79 Å². The van der Waals surface area contributed by atoms with Gasteiger partial charge in [0.2, 0.25) is 0 Å². The molecule has 0 aromatic carbocycles. The summed E-state index contributed by atoms with van der Waals surface area (Å²) in [4.78, 5) is 10.7. The van der Waals surface area contributed by atoms with E-state index in [1.165, 1.54) is 6.26 Å². The quantitative estimate of drug-likeness (QED) is 0.501. The van der Waals surface area contributed by atoms with Crippen LogP contribution in [0.5, 0.6) is 0 Å². The number of amides is 1. The predicted octanol–water partition coefficient (Wildman–Crippen LogP) is 2.05. The summed E-state index contributed by atoms with van der Waals surface area (Å²) in [6.07, 6.45) is 4.71. The molecule has 0 aliphatic carbocycles. The Morgan fingerprint density at radius 1 is 1.64 bits per heavy atom. The van der Waals surface area contributed by atoms with Gasteiger partial charge in [0.05, 0.1) is 6.26 Å². The molecule has 0 rings (SSSR count). The first-order valence-corrected chi connectivity index (χ1v) is 3.87. The zero-order valence-electron chi connectivity index (χ0n) is 7.09. The van der Waals surface area contributed by atoms with Crippen molar-refractivity contribution in [2.75, 3.05) is 6.54 Å². The van der Waals surface area contributed by atoms with Gasteiger partial charge in [0, 0.05) is 6.54 Å². The molecule has 0 aliphatic rings. The topological polar surface area (TPSA) is 38.3 Å². The van der Waals surface area contributed by atoms with E-state index in [9.17, 15) is 4.79 Å². The largest absolute Gasteiger partial charge is 0.419 e. The third-order valence-electron chi connectivity index (χ3n) is 1.11. The number of rotatable bonds is 4. The third kappa shape index (κ3) is 6.90. The zero-order chi connectivity index (χ0) is 8.53. The van der Waals surface area contributed by atoms with E-state index in [0.29, 0.717) is 6.54 Å². The molecule has 0 spiro atoms. The van der Waals surface area contributed by atoms with Crippen molar-refractivity contribution in [1.82, 2.24) is 5.32 Å². The summed E-state index contributed by atoms with van der Waals surface area (Å²) >= 11 is 0. The minimum Gasteiger partial charge on any atom is -0.419 e. The van der Waals surface area contributed by atoms with Gasteiger partial charge >= 0.3 is 6.09 Å². The van der Waals surface area contributed by atoms with Crippen molar-refractivity contribution in [1.29, 1.82) is 0 Å². The van der Waals surface area contributed by atoms with E-state index in [2.05, 4.69) is 17.0 Å².